The number of rotatable bonds is 7. The van der Waals surface area contributed by atoms with Crippen LogP contribution in [-0.4, -0.2) is 44.1 Å². The van der Waals surface area contributed by atoms with Crippen LogP contribution in [0.3, 0.4) is 0 Å². The van der Waals surface area contributed by atoms with Gasteiger partial charge in [-0.05, 0) is 38.3 Å². The Balaban J connectivity index is 1.64. The molecule has 1 aliphatic carbocycles. The minimum Gasteiger partial charge on any atom is -0.480 e. The fourth-order valence-electron chi connectivity index (χ4n) is 2.76. The molecule has 3 rings (SSSR count). The van der Waals surface area contributed by atoms with E-state index in [0.29, 0.717) is 11.1 Å². The van der Waals surface area contributed by atoms with Gasteiger partial charge in [0.05, 0.1) is 0 Å². The third-order valence-electron chi connectivity index (χ3n) is 4.45. The molecular weight excluding hydrogens is 341 g/mol. The van der Waals surface area contributed by atoms with Crippen molar-refractivity contribution in [2.75, 3.05) is 0 Å². The lowest BCUT2D eigenvalue weighted by molar-refractivity contribution is -0.150. The molecule has 0 saturated heterocycles. The van der Waals surface area contributed by atoms with E-state index in [9.17, 15) is 14.0 Å². The van der Waals surface area contributed by atoms with E-state index in [1.54, 1.807) is 19.1 Å². The van der Waals surface area contributed by atoms with E-state index < -0.39 is 12.0 Å². The highest BCUT2D eigenvalue weighted by atomic mass is 19.1. The minimum absolute atomic E-state index is 0.00220. The van der Waals surface area contributed by atoms with Gasteiger partial charge >= 0.3 is 5.97 Å². The third kappa shape index (κ3) is 3.89. The molecule has 1 aliphatic rings. The van der Waals surface area contributed by atoms with Gasteiger partial charge in [-0.15, -0.1) is 0 Å². The van der Waals surface area contributed by atoms with Crippen LogP contribution >= 0.6 is 0 Å². The van der Waals surface area contributed by atoms with Gasteiger partial charge in [-0.2, -0.15) is 4.98 Å². The normalized spacial score (nSPS) is 14.9. The summed E-state index contributed by atoms with van der Waals surface area (Å²) in [4.78, 5) is 29.2. The molecule has 0 spiro atoms. The van der Waals surface area contributed by atoms with Gasteiger partial charge in [0, 0.05) is 24.4 Å². The molecule has 1 fully saturated rings. The van der Waals surface area contributed by atoms with E-state index in [4.69, 9.17) is 9.63 Å². The van der Waals surface area contributed by atoms with E-state index in [0.717, 1.165) is 12.8 Å². The number of aromatic nitrogens is 2. The first-order chi connectivity index (χ1) is 12.4. The van der Waals surface area contributed by atoms with Gasteiger partial charge in [0.2, 0.25) is 17.6 Å². The van der Waals surface area contributed by atoms with Crippen LogP contribution in [0.5, 0.6) is 0 Å². The van der Waals surface area contributed by atoms with Crippen molar-refractivity contribution in [3.05, 3.63) is 35.5 Å². The molecule has 1 aromatic carbocycles. The zero-order chi connectivity index (χ0) is 18.8. The number of carboxylic acid groups (broad SMARTS) is 1. The predicted octanol–water partition coefficient (Wildman–Crippen LogP) is 2.58. The minimum atomic E-state index is -1.02. The molecule has 138 valence electrons. The standard InChI is InChI=1S/C18H20FN3O4/c1-10-3-4-12(9-14(10)19)17-20-15(26-21-17)7-8-16(23)22(13-5-6-13)11(2)18(24)25/h3-4,9,11,13H,5-8H2,1-2H3,(H,24,25). The number of aryl methyl sites for hydroxylation is 2. The number of carbonyl (C=O) groups excluding carboxylic acids is 1. The number of carboxylic acids is 1. The van der Waals surface area contributed by atoms with Gasteiger partial charge in [0.15, 0.2) is 0 Å². The molecule has 1 amide bonds. The predicted molar refractivity (Wildman–Crippen MR) is 89.7 cm³/mol. The summed E-state index contributed by atoms with van der Waals surface area (Å²) in [5.41, 5.74) is 1.02. The summed E-state index contributed by atoms with van der Waals surface area (Å²) in [5.74, 6) is -1.11. The second-order valence-electron chi connectivity index (χ2n) is 6.52. The van der Waals surface area contributed by atoms with Crippen molar-refractivity contribution in [3.63, 3.8) is 0 Å². The van der Waals surface area contributed by atoms with Crippen molar-refractivity contribution in [1.29, 1.82) is 0 Å². The topological polar surface area (TPSA) is 96.5 Å². The quantitative estimate of drug-likeness (QED) is 0.814. The van der Waals surface area contributed by atoms with E-state index in [2.05, 4.69) is 10.1 Å². The molecule has 1 atom stereocenters. The second kappa shape index (κ2) is 7.23. The summed E-state index contributed by atoms with van der Waals surface area (Å²) < 4.78 is 18.8. The summed E-state index contributed by atoms with van der Waals surface area (Å²) in [6.45, 7) is 3.17. The Morgan fingerprint density at radius 1 is 1.42 bits per heavy atom. The lowest BCUT2D eigenvalue weighted by Crippen LogP contribution is -2.44. The van der Waals surface area contributed by atoms with Crippen LogP contribution in [0.15, 0.2) is 22.7 Å². The molecule has 1 saturated carbocycles. The number of aliphatic carboxylic acids is 1. The van der Waals surface area contributed by atoms with Crippen LogP contribution in [0.4, 0.5) is 4.39 Å². The average molecular weight is 361 g/mol. The summed E-state index contributed by atoms with van der Waals surface area (Å²) in [6.07, 6.45) is 1.94. The molecule has 1 heterocycles. The van der Waals surface area contributed by atoms with Crippen molar-refractivity contribution in [1.82, 2.24) is 15.0 Å². The summed E-state index contributed by atoms with van der Waals surface area (Å²) >= 11 is 0. The molecule has 0 aliphatic heterocycles. The monoisotopic (exact) mass is 361 g/mol. The molecule has 1 N–H and O–H groups in total. The Hall–Kier alpha value is -2.77. The SMILES string of the molecule is Cc1ccc(-c2noc(CCC(=O)N(C3CC3)C(C)C(=O)O)n2)cc1F. The van der Waals surface area contributed by atoms with Crippen molar-refractivity contribution >= 4 is 11.9 Å². The smallest absolute Gasteiger partial charge is 0.326 e. The molecule has 2 aromatic rings. The lowest BCUT2D eigenvalue weighted by Gasteiger charge is -2.26. The Kier molecular flexibility index (Phi) is 5.01. The maximum atomic E-state index is 13.7. The van der Waals surface area contributed by atoms with Gasteiger partial charge in [-0.3, -0.25) is 4.79 Å². The largest absolute Gasteiger partial charge is 0.480 e. The van der Waals surface area contributed by atoms with Gasteiger partial charge < -0.3 is 14.5 Å². The third-order valence-corrected chi connectivity index (χ3v) is 4.45. The van der Waals surface area contributed by atoms with Crippen LogP contribution in [0.2, 0.25) is 0 Å². The molecular formula is C18H20FN3O4. The van der Waals surface area contributed by atoms with Crippen LogP contribution in [0.25, 0.3) is 11.4 Å². The van der Waals surface area contributed by atoms with E-state index >= 15 is 0 Å². The lowest BCUT2D eigenvalue weighted by atomic mass is 10.1. The Morgan fingerprint density at radius 2 is 2.15 bits per heavy atom. The number of amides is 1. The highest BCUT2D eigenvalue weighted by Crippen LogP contribution is 2.29. The van der Waals surface area contributed by atoms with Crippen molar-refractivity contribution in [2.45, 2.75) is 51.6 Å². The van der Waals surface area contributed by atoms with Crippen molar-refractivity contribution in [3.8, 4) is 11.4 Å². The van der Waals surface area contributed by atoms with Crippen LogP contribution in [-0.2, 0) is 16.0 Å². The number of hydrogen-bond acceptors (Lipinski definition) is 5. The Labute approximate surface area is 149 Å². The Bertz CT molecular complexity index is 832. The van der Waals surface area contributed by atoms with E-state index in [-0.39, 0.29) is 42.3 Å². The fraction of sp³-hybridized carbons (Fsp3) is 0.444. The first-order valence-electron chi connectivity index (χ1n) is 8.50. The zero-order valence-electron chi connectivity index (χ0n) is 14.6. The van der Waals surface area contributed by atoms with Crippen molar-refractivity contribution in [2.24, 2.45) is 0 Å². The molecule has 0 radical (unpaired) electrons. The highest BCUT2D eigenvalue weighted by Gasteiger charge is 2.38. The van der Waals surface area contributed by atoms with Gasteiger partial charge in [-0.1, -0.05) is 17.3 Å². The molecule has 1 aromatic heterocycles. The fourth-order valence-corrected chi connectivity index (χ4v) is 2.76. The van der Waals surface area contributed by atoms with Crippen LogP contribution < -0.4 is 0 Å². The molecule has 26 heavy (non-hydrogen) atoms. The number of benzene rings is 1. The van der Waals surface area contributed by atoms with E-state index in [1.807, 2.05) is 0 Å². The van der Waals surface area contributed by atoms with Gasteiger partial charge in [0.1, 0.15) is 11.9 Å². The molecule has 0 bridgehead atoms. The van der Waals surface area contributed by atoms with Gasteiger partial charge in [0.25, 0.3) is 0 Å². The number of nitrogens with zero attached hydrogens (tertiary/aromatic N) is 3. The molecule has 7 nitrogen and oxygen atoms in total. The summed E-state index contributed by atoms with van der Waals surface area (Å²) in [5, 5.41) is 13.0. The maximum absolute atomic E-state index is 13.7. The highest BCUT2D eigenvalue weighted by molar-refractivity contribution is 5.84. The number of carbonyl (C=O) groups is 2. The van der Waals surface area contributed by atoms with Crippen molar-refractivity contribution < 1.29 is 23.6 Å². The van der Waals surface area contributed by atoms with E-state index in [1.165, 1.54) is 17.9 Å². The first-order valence-corrected chi connectivity index (χ1v) is 8.50. The van der Waals surface area contributed by atoms with Crippen LogP contribution in [0.1, 0.15) is 37.6 Å². The average Bonchev–Trinajstić information content (AvgIpc) is 3.31. The maximum Gasteiger partial charge on any atom is 0.326 e. The zero-order valence-corrected chi connectivity index (χ0v) is 14.6. The first kappa shape index (κ1) is 18.0. The summed E-state index contributed by atoms with van der Waals surface area (Å²) in [6, 6.07) is 3.80. The molecule has 1 unspecified atom stereocenters. The number of hydrogen-bond donors (Lipinski definition) is 1. The van der Waals surface area contributed by atoms with Crippen LogP contribution in [0, 0.1) is 12.7 Å². The Morgan fingerprint density at radius 3 is 2.77 bits per heavy atom. The summed E-state index contributed by atoms with van der Waals surface area (Å²) in [7, 11) is 0. The second-order valence-corrected chi connectivity index (χ2v) is 6.52. The van der Waals surface area contributed by atoms with Gasteiger partial charge in [-0.25, -0.2) is 9.18 Å². The number of halogens is 1. The molecule has 8 heteroatoms.